The summed E-state index contributed by atoms with van der Waals surface area (Å²) in [5.41, 5.74) is 2.07. The Kier molecular flexibility index (Phi) is 6.63. The van der Waals surface area contributed by atoms with Gasteiger partial charge in [0.15, 0.2) is 0 Å². The molecule has 2 amide bonds. The Balaban J connectivity index is 0.00000208. The predicted octanol–water partition coefficient (Wildman–Crippen LogP) is 2.21. The zero-order valence-corrected chi connectivity index (χ0v) is 14.9. The molecule has 1 aromatic carbocycles. The van der Waals surface area contributed by atoms with Crippen LogP contribution < -0.4 is 10.6 Å². The maximum absolute atomic E-state index is 12.4. The van der Waals surface area contributed by atoms with E-state index in [9.17, 15) is 9.59 Å². The average Bonchev–Trinajstić information content (AvgIpc) is 2.59. The quantitative estimate of drug-likeness (QED) is 0.874. The van der Waals surface area contributed by atoms with Crippen molar-refractivity contribution in [2.45, 2.75) is 38.1 Å². The number of nitrogens with one attached hydrogen (secondary N) is 2. The number of amides is 2. The minimum Gasteiger partial charge on any atom is -0.341 e. The van der Waals surface area contributed by atoms with E-state index in [1.165, 1.54) is 0 Å². The number of para-hydroxylation sites is 1. The van der Waals surface area contributed by atoms with E-state index in [4.69, 9.17) is 0 Å². The van der Waals surface area contributed by atoms with Gasteiger partial charge in [0, 0.05) is 37.2 Å². The van der Waals surface area contributed by atoms with Crippen LogP contribution >= 0.6 is 12.4 Å². The van der Waals surface area contributed by atoms with E-state index in [0.717, 1.165) is 43.6 Å². The van der Waals surface area contributed by atoms with E-state index < -0.39 is 0 Å². The predicted molar refractivity (Wildman–Crippen MR) is 97.4 cm³/mol. The Morgan fingerprint density at radius 2 is 2.17 bits per heavy atom. The van der Waals surface area contributed by atoms with E-state index >= 15 is 0 Å². The molecule has 2 unspecified atom stereocenters. The topological polar surface area (TPSA) is 61.4 Å². The molecule has 0 saturated carbocycles. The first kappa shape index (κ1) is 18.7. The third-order valence-electron chi connectivity index (χ3n) is 5.00. The van der Waals surface area contributed by atoms with Crippen LogP contribution in [0.5, 0.6) is 0 Å². The lowest BCUT2D eigenvalue weighted by atomic mass is 9.89. The van der Waals surface area contributed by atoms with Gasteiger partial charge in [-0.15, -0.1) is 12.4 Å². The van der Waals surface area contributed by atoms with Crippen LogP contribution in [0.4, 0.5) is 5.69 Å². The molecule has 24 heavy (non-hydrogen) atoms. The van der Waals surface area contributed by atoms with E-state index in [-0.39, 0.29) is 30.1 Å². The number of carbonyl (C=O) groups excluding carboxylic acids is 2. The van der Waals surface area contributed by atoms with Gasteiger partial charge in [0.25, 0.3) is 0 Å². The number of rotatable bonds is 4. The molecule has 1 fully saturated rings. The third kappa shape index (κ3) is 4.28. The number of nitrogens with zero attached hydrogens (tertiary/aromatic N) is 1. The maximum Gasteiger partial charge on any atom is 0.227 e. The van der Waals surface area contributed by atoms with Crippen molar-refractivity contribution >= 4 is 29.9 Å². The first-order valence-corrected chi connectivity index (χ1v) is 8.51. The van der Waals surface area contributed by atoms with Gasteiger partial charge in [-0.25, -0.2) is 0 Å². The van der Waals surface area contributed by atoms with Crippen molar-refractivity contribution in [1.82, 2.24) is 10.2 Å². The first-order chi connectivity index (χ1) is 11.2. The van der Waals surface area contributed by atoms with Gasteiger partial charge in [-0.3, -0.25) is 9.59 Å². The average molecular weight is 352 g/mol. The van der Waals surface area contributed by atoms with Crippen molar-refractivity contribution in [2.75, 3.05) is 25.5 Å². The Morgan fingerprint density at radius 3 is 2.96 bits per heavy atom. The SMILES string of the molecule is CNC1CCCN(C(=O)CCC2Cc3ccccc3NC2=O)C1.Cl. The Hall–Kier alpha value is -1.59. The molecule has 132 valence electrons. The van der Waals surface area contributed by atoms with Crippen molar-refractivity contribution in [3.05, 3.63) is 29.8 Å². The number of piperidine rings is 1. The molecule has 6 heteroatoms. The fraction of sp³-hybridized carbons (Fsp3) is 0.556. The molecule has 0 aliphatic carbocycles. The number of benzene rings is 1. The fourth-order valence-corrected chi connectivity index (χ4v) is 3.54. The number of likely N-dealkylation sites (N-methyl/N-ethyl adjacent to an activating group) is 1. The van der Waals surface area contributed by atoms with E-state index in [2.05, 4.69) is 10.6 Å². The lowest BCUT2D eigenvalue weighted by Gasteiger charge is -2.33. The second kappa shape index (κ2) is 8.49. The molecule has 2 aliphatic rings. The maximum atomic E-state index is 12.4. The summed E-state index contributed by atoms with van der Waals surface area (Å²) in [4.78, 5) is 26.6. The molecule has 2 N–H and O–H groups in total. The molecular weight excluding hydrogens is 326 g/mol. The Morgan fingerprint density at radius 1 is 1.38 bits per heavy atom. The highest BCUT2D eigenvalue weighted by Gasteiger charge is 2.28. The number of anilines is 1. The van der Waals surface area contributed by atoms with Gasteiger partial charge in [-0.05, 0) is 44.4 Å². The van der Waals surface area contributed by atoms with Gasteiger partial charge < -0.3 is 15.5 Å². The molecular formula is C18H26ClN3O2. The summed E-state index contributed by atoms with van der Waals surface area (Å²) in [5.74, 6) is 0.124. The van der Waals surface area contributed by atoms with Gasteiger partial charge >= 0.3 is 0 Å². The number of hydrogen-bond donors (Lipinski definition) is 2. The molecule has 1 saturated heterocycles. The second-order valence-electron chi connectivity index (χ2n) is 6.55. The highest BCUT2D eigenvalue weighted by Crippen LogP contribution is 2.27. The van der Waals surface area contributed by atoms with Gasteiger partial charge in [-0.2, -0.15) is 0 Å². The zero-order valence-electron chi connectivity index (χ0n) is 14.1. The smallest absolute Gasteiger partial charge is 0.227 e. The monoisotopic (exact) mass is 351 g/mol. The lowest BCUT2D eigenvalue weighted by Crippen LogP contribution is -2.47. The molecule has 0 bridgehead atoms. The van der Waals surface area contributed by atoms with Gasteiger partial charge in [-0.1, -0.05) is 18.2 Å². The molecule has 0 radical (unpaired) electrons. The van der Waals surface area contributed by atoms with Crippen LogP contribution in [0.3, 0.4) is 0 Å². The largest absolute Gasteiger partial charge is 0.341 e. The summed E-state index contributed by atoms with van der Waals surface area (Å²) in [5, 5.41) is 6.21. The Bertz CT molecular complexity index is 593. The van der Waals surface area contributed by atoms with Crippen molar-refractivity contribution < 1.29 is 9.59 Å². The second-order valence-corrected chi connectivity index (χ2v) is 6.55. The van der Waals surface area contributed by atoms with Crippen molar-refractivity contribution in [2.24, 2.45) is 5.92 Å². The molecule has 0 aromatic heterocycles. The normalized spacial score (nSPS) is 23.0. The van der Waals surface area contributed by atoms with Crippen LogP contribution in [-0.4, -0.2) is 42.9 Å². The zero-order chi connectivity index (χ0) is 16.2. The van der Waals surface area contributed by atoms with E-state index in [0.29, 0.717) is 18.9 Å². The van der Waals surface area contributed by atoms with Crippen LogP contribution in [0.15, 0.2) is 24.3 Å². The van der Waals surface area contributed by atoms with Crippen LogP contribution in [-0.2, 0) is 16.0 Å². The number of fused-ring (bicyclic) bond motifs is 1. The highest BCUT2D eigenvalue weighted by molar-refractivity contribution is 5.96. The number of halogens is 1. The summed E-state index contributed by atoms with van der Waals surface area (Å²) in [6.45, 7) is 1.63. The summed E-state index contributed by atoms with van der Waals surface area (Å²) in [6.07, 6.45) is 3.99. The number of likely N-dealkylation sites (tertiary alicyclic amines) is 1. The molecule has 2 atom stereocenters. The molecule has 1 aromatic rings. The molecule has 2 aliphatic heterocycles. The van der Waals surface area contributed by atoms with E-state index in [1.807, 2.05) is 36.2 Å². The molecule has 3 rings (SSSR count). The van der Waals surface area contributed by atoms with Crippen molar-refractivity contribution in [3.63, 3.8) is 0 Å². The van der Waals surface area contributed by atoms with Crippen LogP contribution in [0.25, 0.3) is 0 Å². The van der Waals surface area contributed by atoms with Crippen LogP contribution in [0, 0.1) is 5.92 Å². The van der Waals surface area contributed by atoms with Gasteiger partial charge in [0.05, 0.1) is 0 Å². The Labute approximate surface area is 149 Å². The summed E-state index contributed by atoms with van der Waals surface area (Å²) in [7, 11) is 1.95. The molecule has 5 nitrogen and oxygen atoms in total. The summed E-state index contributed by atoms with van der Waals surface area (Å²) < 4.78 is 0. The van der Waals surface area contributed by atoms with E-state index in [1.54, 1.807) is 0 Å². The van der Waals surface area contributed by atoms with Crippen LogP contribution in [0.2, 0.25) is 0 Å². The third-order valence-corrected chi connectivity index (χ3v) is 5.00. The first-order valence-electron chi connectivity index (χ1n) is 8.51. The van der Waals surface area contributed by atoms with Gasteiger partial charge in [0.2, 0.25) is 11.8 Å². The molecule has 0 spiro atoms. The highest BCUT2D eigenvalue weighted by atomic mass is 35.5. The van der Waals surface area contributed by atoms with Gasteiger partial charge in [0.1, 0.15) is 0 Å². The minimum absolute atomic E-state index is 0. The van der Waals surface area contributed by atoms with Crippen molar-refractivity contribution in [1.29, 1.82) is 0 Å². The minimum atomic E-state index is -0.0984. The van der Waals surface area contributed by atoms with Crippen LogP contribution in [0.1, 0.15) is 31.2 Å². The van der Waals surface area contributed by atoms with Crippen molar-refractivity contribution in [3.8, 4) is 0 Å². The summed E-state index contributed by atoms with van der Waals surface area (Å²) in [6, 6.07) is 8.30. The number of carbonyl (C=O) groups is 2. The standard InChI is InChI=1S/C18H25N3O2.ClH/c1-19-15-6-4-10-21(12-15)17(22)9-8-14-11-13-5-2-3-7-16(13)20-18(14)23;/h2-3,5,7,14-15,19H,4,6,8-12H2,1H3,(H,20,23);1H. The summed E-state index contributed by atoms with van der Waals surface area (Å²) >= 11 is 0. The number of hydrogen-bond acceptors (Lipinski definition) is 3. The fourth-order valence-electron chi connectivity index (χ4n) is 3.54. The lowest BCUT2D eigenvalue weighted by molar-refractivity contribution is -0.133. The molecule has 2 heterocycles.